The largest absolute Gasteiger partial charge is 0.857 e. The van der Waals surface area contributed by atoms with E-state index in [1.807, 2.05) is 18.3 Å². The smallest absolute Gasteiger partial charge is 0.269 e. The Kier molecular flexibility index (Phi) is 3.95. The Bertz CT molecular complexity index is 1600. The van der Waals surface area contributed by atoms with E-state index in [1.165, 1.54) is 33.7 Å². The fourth-order valence-corrected chi connectivity index (χ4v) is 4.74. The first-order valence-electron chi connectivity index (χ1n) is 10.4. The molecular weight excluding hydrogens is 402 g/mol. The molecule has 32 heavy (non-hydrogen) atoms. The Morgan fingerprint density at radius 1 is 0.906 bits per heavy atom. The maximum atomic E-state index is 12.6. The van der Waals surface area contributed by atoms with Gasteiger partial charge >= 0.3 is 0 Å². The molecule has 0 unspecified atom stereocenters. The molecule has 5 aromatic carbocycles. The molecular formula is C26H17N3O3. The van der Waals surface area contributed by atoms with E-state index in [1.54, 1.807) is 16.8 Å². The average molecular weight is 419 g/mol. The van der Waals surface area contributed by atoms with Crippen LogP contribution in [-0.2, 0) is 0 Å². The van der Waals surface area contributed by atoms with E-state index in [9.17, 15) is 15.2 Å². The van der Waals surface area contributed by atoms with E-state index >= 15 is 0 Å². The molecule has 0 spiro atoms. The molecule has 0 saturated heterocycles. The van der Waals surface area contributed by atoms with Gasteiger partial charge in [0, 0.05) is 23.6 Å². The number of nitro groups is 1. The molecule has 0 amide bonds. The van der Waals surface area contributed by atoms with Crippen molar-refractivity contribution in [2.75, 3.05) is 6.54 Å². The monoisotopic (exact) mass is 419 g/mol. The lowest BCUT2D eigenvalue weighted by Crippen LogP contribution is -2.24. The highest BCUT2D eigenvalue weighted by atomic mass is 16.6. The Balaban J connectivity index is 1.47. The van der Waals surface area contributed by atoms with Crippen molar-refractivity contribution in [1.82, 2.24) is 0 Å². The number of nitrogens with zero attached hydrogens (tertiary/aromatic N) is 3. The highest BCUT2D eigenvalue weighted by molar-refractivity contribution is 6.25. The normalized spacial score (nSPS) is 17.6. The molecule has 1 aliphatic rings. The molecule has 0 fully saturated rings. The average Bonchev–Trinajstić information content (AvgIpc) is 3.18. The second-order valence-electron chi connectivity index (χ2n) is 8.11. The quantitative estimate of drug-likeness (QED) is 0.188. The molecule has 0 aliphatic carbocycles. The summed E-state index contributed by atoms with van der Waals surface area (Å²) in [5.74, 6) is -0.819. The van der Waals surface area contributed by atoms with Gasteiger partial charge in [0.05, 0.1) is 10.8 Å². The van der Waals surface area contributed by atoms with Gasteiger partial charge in [0.25, 0.3) is 5.69 Å². The van der Waals surface area contributed by atoms with Crippen molar-refractivity contribution in [1.29, 1.82) is 0 Å². The Morgan fingerprint density at radius 2 is 1.62 bits per heavy atom. The fraction of sp³-hybridized carbons (Fsp3) is 0.0769. The Hall–Kier alpha value is -4.32. The number of nitro benzene ring substituents is 1. The van der Waals surface area contributed by atoms with Crippen LogP contribution >= 0.6 is 0 Å². The van der Waals surface area contributed by atoms with Gasteiger partial charge in [-0.3, -0.25) is 10.1 Å². The second kappa shape index (κ2) is 6.85. The van der Waals surface area contributed by atoms with Crippen LogP contribution in [-0.4, -0.2) is 28.3 Å². The number of hydrazone groups is 1. The lowest BCUT2D eigenvalue weighted by atomic mass is 9.91. The number of non-ortho nitro benzene ring substituents is 1. The lowest BCUT2D eigenvalue weighted by Gasteiger charge is -2.12. The summed E-state index contributed by atoms with van der Waals surface area (Å²) in [5.41, 5.74) is 1.57. The SMILES string of the molecule is O=[N+]([O-])c1cccc([C@H]2C/[N+](=C/c3cc4cccc5ccc6cccc3c6c54)N=C2[O-])c1. The van der Waals surface area contributed by atoms with Crippen molar-refractivity contribution in [3.63, 3.8) is 0 Å². The molecule has 1 heterocycles. The molecule has 0 N–H and O–H groups in total. The summed E-state index contributed by atoms with van der Waals surface area (Å²) in [6.45, 7) is 0.346. The van der Waals surface area contributed by atoms with Crippen molar-refractivity contribution in [3.8, 4) is 0 Å². The van der Waals surface area contributed by atoms with E-state index in [-0.39, 0.29) is 11.6 Å². The first-order chi connectivity index (χ1) is 15.6. The zero-order chi connectivity index (χ0) is 21.8. The summed E-state index contributed by atoms with van der Waals surface area (Å²) in [7, 11) is 0. The summed E-state index contributed by atoms with van der Waals surface area (Å²) in [6, 6.07) is 25.2. The highest BCUT2D eigenvalue weighted by Crippen LogP contribution is 2.36. The minimum atomic E-state index is -0.526. The van der Waals surface area contributed by atoms with Gasteiger partial charge in [0.1, 0.15) is 0 Å². The van der Waals surface area contributed by atoms with Gasteiger partial charge in [-0.05, 0) is 49.0 Å². The highest BCUT2D eigenvalue weighted by Gasteiger charge is 2.28. The van der Waals surface area contributed by atoms with Crippen molar-refractivity contribution >= 4 is 50.1 Å². The van der Waals surface area contributed by atoms with Crippen LogP contribution in [0.4, 0.5) is 5.69 Å². The molecule has 1 aliphatic heterocycles. The van der Waals surface area contributed by atoms with Crippen molar-refractivity contribution < 1.29 is 14.7 Å². The lowest BCUT2D eigenvalue weighted by molar-refractivity contribution is -0.520. The molecule has 154 valence electrons. The van der Waals surface area contributed by atoms with Crippen LogP contribution in [0, 0.1) is 10.1 Å². The summed E-state index contributed by atoms with van der Waals surface area (Å²) < 4.78 is 1.66. The predicted molar refractivity (Wildman–Crippen MR) is 124 cm³/mol. The Morgan fingerprint density at radius 3 is 2.44 bits per heavy atom. The van der Waals surface area contributed by atoms with Gasteiger partial charge in [-0.1, -0.05) is 65.3 Å². The van der Waals surface area contributed by atoms with E-state index in [0.29, 0.717) is 12.1 Å². The van der Waals surface area contributed by atoms with Crippen LogP contribution in [0.25, 0.3) is 32.3 Å². The van der Waals surface area contributed by atoms with Gasteiger partial charge in [-0.25, -0.2) is 0 Å². The first-order valence-corrected chi connectivity index (χ1v) is 10.4. The first kappa shape index (κ1) is 18.4. The van der Waals surface area contributed by atoms with E-state index in [0.717, 1.165) is 16.3 Å². The van der Waals surface area contributed by atoms with E-state index in [4.69, 9.17) is 0 Å². The summed E-state index contributed by atoms with van der Waals surface area (Å²) in [5, 5.41) is 35.0. The van der Waals surface area contributed by atoms with Gasteiger partial charge in [0.2, 0.25) is 6.21 Å². The number of hydrogen-bond donors (Lipinski definition) is 0. The van der Waals surface area contributed by atoms with Crippen molar-refractivity contribution in [2.45, 2.75) is 5.92 Å². The second-order valence-corrected chi connectivity index (χ2v) is 8.11. The predicted octanol–water partition coefficient (Wildman–Crippen LogP) is 4.39. The number of hydrogen-bond acceptors (Lipinski definition) is 4. The van der Waals surface area contributed by atoms with Crippen LogP contribution in [0.2, 0.25) is 0 Å². The topological polar surface area (TPSA) is 81.6 Å². The molecule has 0 saturated carbocycles. The van der Waals surface area contributed by atoms with Crippen LogP contribution in [0.1, 0.15) is 17.0 Å². The minimum Gasteiger partial charge on any atom is -0.857 e. The molecule has 6 nitrogen and oxygen atoms in total. The Labute approximate surface area is 182 Å². The fourth-order valence-electron chi connectivity index (χ4n) is 4.74. The summed E-state index contributed by atoms with van der Waals surface area (Å²) in [6.07, 6.45) is 1.90. The molecule has 0 radical (unpaired) electrons. The van der Waals surface area contributed by atoms with Crippen LogP contribution < -0.4 is 5.11 Å². The van der Waals surface area contributed by atoms with Gasteiger partial charge in [-0.15, -0.1) is 0 Å². The maximum absolute atomic E-state index is 12.6. The molecule has 5 aromatic rings. The van der Waals surface area contributed by atoms with Crippen LogP contribution in [0.15, 0.2) is 84.0 Å². The third kappa shape index (κ3) is 2.80. The standard InChI is InChI=1S/C26H17N3O3/c30-26-23(18-6-2-8-21(13-18)29(31)32)15-28(27-26)14-20-12-19-7-1-4-16-10-11-17-5-3-9-22(20)25(17)24(16)19/h1-14,23H,15H2/b28-14-/t23-/m1/s1. The van der Waals surface area contributed by atoms with E-state index in [2.05, 4.69) is 47.6 Å². The van der Waals surface area contributed by atoms with Crippen molar-refractivity contribution in [2.24, 2.45) is 5.10 Å². The maximum Gasteiger partial charge on any atom is 0.269 e. The van der Waals surface area contributed by atoms with Gasteiger partial charge in [0.15, 0.2) is 6.54 Å². The number of rotatable bonds is 3. The molecule has 6 rings (SSSR count). The third-order valence-corrected chi connectivity index (χ3v) is 6.21. The van der Waals surface area contributed by atoms with E-state index < -0.39 is 10.8 Å². The van der Waals surface area contributed by atoms with Gasteiger partial charge in [-0.2, -0.15) is 0 Å². The third-order valence-electron chi connectivity index (χ3n) is 6.21. The van der Waals surface area contributed by atoms with Crippen LogP contribution in [0.5, 0.6) is 0 Å². The summed E-state index contributed by atoms with van der Waals surface area (Å²) in [4.78, 5) is 10.7. The molecule has 0 bridgehead atoms. The molecule has 6 heteroatoms. The molecule has 1 atom stereocenters. The van der Waals surface area contributed by atoms with Crippen LogP contribution in [0.3, 0.4) is 0 Å². The van der Waals surface area contributed by atoms with Gasteiger partial charge < -0.3 is 5.11 Å². The number of benzene rings is 5. The van der Waals surface area contributed by atoms with Crippen molar-refractivity contribution in [3.05, 3.63) is 100 Å². The summed E-state index contributed by atoms with van der Waals surface area (Å²) >= 11 is 0. The molecule has 0 aromatic heterocycles. The zero-order valence-corrected chi connectivity index (χ0v) is 16.9. The zero-order valence-electron chi connectivity index (χ0n) is 16.9. The minimum absolute atomic E-state index is 0.0240.